The molecule has 33 heavy (non-hydrogen) atoms. The van der Waals surface area contributed by atoms with Crippen molar-refractivity contribution in [3.8, 4) is 6.07 Å². The Kier molecular flexibility index (Phi) is 9.13. The van der Waals surface area contributed by atoms with Gasteiger partial charge in [0, 0.05) is 38.5 Å². The lowest BCUT2D eigenvalue weighted by Gasteiger charge is -2.36. The second-order valence-corrected chi connectivity index (χ2v) is 10.4. The van der Waals surface area contributed by atoms with Gasteiger partial charge < -0.3 is 16.0 Å². The predicted octanol–water partition coefficient (Wildman–Crippen LogP) is 2.32. The van der Waals surface area contributed by atoms with Gasteiger partial charge in [0.25, 0.3) is 0 Å². The summed E-state index contributed by atoms with van der Waals surface area (Å²) in [5, 5.41) is 12.7. The summed E-state index contributed by atoms with van der Waals surface area (Å²) in [7, 11) is 1.72. The number of nitriles is 1. The minimum atomic E-state index is -0.840. The lowest BCUT2D eigenvalue weighted by molar-refractivity contribution is -0.138. The van der Waals surface area contributed by atoms with Crippen LogP contribution in [0.5, 0.6) is 0 Å². The molecule has 0 aromatic rings. The minimum Gasteiger partial charge on any atom is -0.368 e. The van der Waals surface area contributed by atoms with Crippen LogP contribution in [-0.2, 0) is 14.4 Å². The average Bonchev–Trinajstić information content (AvgIpc) is 3.28. The van der Waals surface area contributed by atoms with Crippen molar-refractivity contribution in [2.45, 2.75) is 95.1 Å². The van der Waals surface area contributed by atoms with Crippen LogP contribution in [0.4, 0.5) is 0 Å². The molecule has 184 valence electrons. The van der Waals surface area contributed by atoms with E-state index < -0.39 is 17.4 Å². The third-order valence-corrected chi connectivity index (χ3v) is 8.16. The molecule has 1 saturated heterocycles. The molecule has 0 aromatic carbocycles. The van der Waals surface area contributed by atoms with Gasteiger partial charge in [-0.05, 0) is 31.6 Å². The molecule has 2 atom stereocenters. The van der Waals surface area contributed by atoms with E-state index in [2.05, 4.69) is 16.3 Å². The molecule has 2 saturated carbocycles. The number of carbonyl (C=O) groups is 3. The van der Waals surface area contributed by atoms with Gasteiger partial charge in [-0.25, -0.2) is 0 Å². The van der Waals surface area contributed by atoms with E-state index in [1.807, 2.05) is 0 Å². The Hall–Kier alpha value is -2.14. The van der Waals surface area contributed by atoms with E-state index in [-0.39, 0.29) is 24.8 Å². The lowest BCUT2D eigenvalue weighted by atomic mass is 9.81. The molecule has 8 nitrogen and oxygen atoms in total. The standard InChI is InChI=1S/C25H41N5O3/c1-29(25(17-26)12-13-30(18-25)21-10-6-3-7-11-21)23(32)15-20(24(33)28-16-22(27)31)14-19-8-4-2-5-9-19/h19-21H,2-16,18H2,1H3,(H2,27,31)(H,28,33). The Bertz CT molecular complexity index is 739. The Morgan fingerprint density at radius 3 is 2.36 bits per heavy atom. The second kappa shape index (κ2) is 11.8. The van der Waals surface area contributed by atoms with E-state index in [0.717, 1.165) is 32.2 Å². The molecule has 8 heteroatoms. The van der Waals surface area contributed by atoms with Crippen molar-refractivity contribution in [3.63, 3.8) is 0 Å². The largest absolute Gasteiger partial charge is 0.368 e. The molecular formula is C25H41N5O3. The monoisotopic (exact) mass is 459 g/mol. The fraction of sp³-hybridized carbons (Fsp3) is 0.840. The first-order valence-electron chi connectivity index (χ1n) is 12.8. The normalized spacial score (nSPS) is 25.8. The number of likely N-dealkylation sites (tertiary alicyclic amines) is 1. The van der Waals surface area contributed by atoms with E-state index in [1.54, 1.807) is 11.9 Å². The number of primary amides is 1. The number of nitrogens with zero attached hydrogens (tertiary/aromatic N) is 3. The number of nitrogens with two attached hydrogens (primary N) is 1. The van der Waals surface area contributed by atoms with Gasteiger partial charge in [0.1, 0.15) is 5.54 Å². The molecule has 2 aliphatic carbocycles. The Morgan fingerprint density at radius 1 is 1.12 bits per heavy atom. The van der Waals surface area contributed by atoms with Crippen LogP contribution in [-0.4, -0.2) is 65.8 Å². The van der Waals surface area contributed by atoms with Gasteiger partial charge in [0.2, 0.25) is 17.7 Å². The molecule has 3 rings (SSSR count). The van der Waals surface area contributed by atoms with Crippen molar-refractivity contribution >= 4 is 17.7 Å². The molecule has 0 spiro atoms. The number of carbonyl (C=O) groups excluding carboxylic acids is 3. The number of hydrogen-bond acceptors (Lipinski definition) is 5. The van der Waals surface area contributed by atoms with E-state index >= 15 is 0 Å². The summed E-state index contributed by atoms with van der Waals surface area (Å²) in [4.78, 5) is 41.4. The summed E-state index contributed by atoms with van der Waals surface area (Å²) >= 11 is 0. The van der Waals surface area contributed by atoms with E-state index in [4.69, 9.17) is 5.73 Å². The molecular weight excluding hydrogens is 418 g/mol. The number of hydrogen-bond donors (Lipinski definition) is 2. The van der Waals surface area contributed by atoms with Gasteiger partial charge >= 0.3 is 0 Å². The van der Waals surface area contributed by atoms with Crippen molar-refractivity contribution in [1.82, 2.24) is 15.1 Å². The molecule has 3 aliphatic rings. The van der Waals surface area contributed by atoms with Crippen LogP contribution in [0.2, 0.25) is 0 Å². The molecule has 0 bridgehead atoms. The first-order valence-corrected chi connectivity index (χ1v) is 12.8. The van der Waals surface area contributed by atoms with Crippen LogP contribution in [0.25, 0.3) is 0 Å². The van der Waals surface area contributed by atoms with E-state index in [1.165, 1.54) is 38.5 Å². The lowest BCUT2D eigenvalue weighted by Crippen LogP contribution is -2.52. The molecule has 3 amide bonds. The second-order valence-electron chi connectivity index (χ2n) is 10.4. The highest BCUT2D eigenvalue weighted by atomic mass is 16.2. The third kappa shape index (κ3) is 6.69. The first kappa shape index (κ1) is 25.5. The molecule has 0 radical (unpaired) electrons. The van der Waals surface area contributed by atoms with Crippen LogP contribution in [0.1, 0.15) is 83.5 Å². The van der Waals surface area contributed by atoms with Crippen molar-refractivity contribution in [2.24, 2.45) is 17.6 Å². The van der Waals surface area contributed by atoms with Gasteiger partial charge in [0.15, 0.2) is 0 Å². The summed E-state index contributed by atoms with van der Waals surface area (Å²) < 4.78 is 0. The van der Waals surface area contributed by atoms with Gasteiger partial charge in [0.05, 0.1) is 12.6 Å². The molecule has 1 heterocycles. The van der Waals surface area contributed by atoms with Crippen molar-refractivity contribution < 1.29 is 14.4 Å². The zero-order chi connectivity index (χ0) is 23.8. The smallest absolute Gasteiger partial charge is 0.236 e. The predicted molar refractivity (Wildman–Crippen MR) is 126 cm³/mol. The van der Waals surface area contributed by atoms with Crippen LogP contribution in [0, 0.1) is 23.2 Å². The van der Waals surface area contributed by atoms with Crippen LogP contribution in [0.15, 0.2) is 0 Å². The van der Waals surface area contributed by atoms with E-state index in [9.17, 15) is 19.6 Å². The zero-order valence-corrected chi connectivity index (χ0v) is 20.2. The molecule has 2 unspecified atom stereocenters. The van der Waals surface area contributed by atoms with Crippen LogP contribution in [0.3, 0.4) is 0 Å². The molecule has 3 N–H and O–H groups in total. The zero-order valence-electron chi connectivity index (χ0n) is 20.2. The van der Waals surface area contributed by atoms with Crippen LogP contribution >= 0.6 is 0 Å². The maximum absolute atomic E-state index is 13.4. The van der Waals surface area contributed by atoms with Gasteiger partial charge in [-0.15, -0.1) is 0 Å². The SMILES string of the molecule is CN(C(=O)CC(CC1CCCCC1)C(=O)NCC(N)=O)C1(C#N)CCN(C2CCCCC2)C1. The summed E-state index contributed by atoms with van der Waals surface area (Å²) in [6.07, 6.45) is 13.1. The summed E-state index contributed by atoms with van der Waals surface area (Å²) in [5.41, 5.74) is 4.36. The number of amides is 3. The van der Waals surface area contributed by atoms with Crippen LogP contribution < -0.4 is 11.1 Å². The van der Waals surface area contributed by atoms with Gasteiger partial charge in [-0.3, -0.25) is 19.3 Å². The fourth-order valence-electron chi connectivity index (χ4n) is 6.03. The number of rotatable bonds is 9. The first-order chi connectivity index (χ1) is 15.8. The van der Waals surface area contributed by atoms with E-state index in [0.29, 0.717) is 31.3 Å². The van der Waals surface area contributed by atoms with Crippen molar-refractivity contribution in [1.29, 1.82) is 5.26 Å². The highest BCUT2D eigenvalue weighted by Crippen LogP contribution is 2.34. The summed E-state index contributed by atoms with van der Waals surface area (Å²) in [6.45, 7) is 1.19. The number of likely N-dealkylation sites (N-methyl/N-ethyl adjacent to an activating group) is 1. The summed E-state index contributed by atoms with van der Waals surface area (Å²) in [5.74, 6) is -1.15. The Morgan fingerprint density at radius 2 is 1.76 bits per heavy atom. The average molecular weight is 460 g/mol. The van der Waals surface area contributed by atoms with Gasteiger partial charge in [-0.1, -0.05) is 51.4 Å². The molecule has 1 aliphatic heterocycles. The Balaban J connectivity index is 1.65. The highest BCUT2D eigenvalue weighted by Gasteiger charge is 2.46. The van der Waals surface area contributed by atoms with Crippen molar-refractivity contribution in [2.75, 3.05) is 26.7 Å². The highest BCUT2D eigenvalue weighted by molar-refractivity contribution is 5.88. The maximum Gasteiger partial charge on any atom is 0.236 e. The van der Waals surface area contributed by atoms with Gasteiger partial charge in [-0.2, -0.15) is 5.26 Å². The maximum atomic E-state index is 13.4. The molecule has 0 aromatic heterocycles. The van der Waals surface area contributed by atoms with Crippen molar-refractivity contribution in [3.05, 3.63) is 0 Å². The minimum absolute atomic E-state index is 0.0600. The molecule has 3 fully saturated rings. The summed E-state index contributed by atoms with van der Waals surface area (Å²) in [6, 6.07) is 2.96. The Labute approximate surface area is 198 Å². The number of nitrogens with one attached hydrogen (secondary N) is 1. The third-order valence-electron chi connectivity index (χ3n) is 8.16. The quantitative estimate of drug-likeness (QED) is 0.548. The fourth-order valence-corrected chi connectivity index (χ4v) is 6.03. The topological polar surface area (TPSA) is 120 Å².